The normalized spacial score (nSPS) is 12.2. The van der Waals surface area contributed by atoms with Gasteiger partial charge in [-0.05, 0) is 43.7 Å². The summed E-state index contributed by atoms with van der Waals surface area (Å²) < 4.78 is 1.94. The molecule has 0 amide bonds. The van der Waals surface area contributed by atoms with Gasteiger partial charge in [0.1, 0.15) is 5.69 Å². The number of unbranched alkanes of at least 4 members (excludes halogenated alkanes) is 3. The van der Waals surface area contributed by atoms with Crippen molar-refractivity contribution in [2.45, 2.75) is 25.7 Å². The average molecular weight is 411 g/mol. The van der Waals surface area contributed by atoms with Crippen LogP contribution in [0.1, 0.15) is 41.6 Å². The quantitative estimate of drug-likeness (QED) is 0.346. The molecule has 0 radical (unpaired) electrons. The summed E-state index contributed by atoms with van der Waals surface area (Å²) in [6, 6.07) is 22.0. The zero-order valence-corrected chi connectivity index (χ0v) is 17.5. The Morgan fingerprint density at radius 1 is 0.839 bits per heavy atom. The van der Waals surface area contributed by atoms with E-state index in [1.165, 1.54) is 0 Å². The Balaban J connectivity index is 1.55. The highest BCUT2D eigenvalue weighted by molar-refractivity contribution is 6.27. The monoisotopic (exact) mass is 410 g/mol. The van der Waals surface area contributed by atoms with Crippen LogP contribution in [0.5, 0.6) is 0 Å². The number of nitrogens with one attached hydrogen (secondary N) is 1. The largest absolute Gasteiger partial charge is 0.384 e. The van der Waals surface area contributed by atoms with Crippen LogP contribution in [0.4, 0.5) is 5.69 Å². The van der Waals surface area contributed by atoms with E-state index in [0.29, 0.717) is 0 Å². The number of rotatable bonds is 8. The van der Waals surface area contributed by atoms with Gasteiger partial charge in [-0.25, -0.2) is 4.68 Å². The van der Waals surface area contributed by atoms with E-state index in [4.69, 9.17) is 10.8 Å². The van der Waals surface area contributed by atoms with Crippen LogP contribution in [0.15, 0.2) is 66.7 Å². The van der Waals surface area contributed by atoms with Crippen molar-refractivity contribution < 1.29 is 4.79 Å². The number of benzene rings is 3. The van der Waals surface area contributed by atoms with Gasteiger partial charge in [0.2, 0.25) is 0 Å². The maximum Gasteiger partial charge on any atom is 0.196 e. The molecule has 0 atom stereocenters. The molecule has 5 rings (SSSR count). The lowest BCUT2D eigenvalue weighted by molar-refractivity contribution is 0.104. The molecule has 1 aliphatic rings. The molecule has 1 aromatic heterocycles. The Labute approximate surface area is 181 Å². The van der Waals surface area contributed by atoms with Crippen molar-refractivity contribution in [3.8, 4) is 16.9 Å². The van der Waals surface area contributed by atoms with Crippen LogP contribution >= 0.6 is 0 Å². The fourth-order valence-electron chi connectivity index (χ4n) is 4.44. The third-order valence-corrected chi connectivity index (χ3v) is 5.95. The van der Waals surface area contributed by atoms with Crippen molar-refractivity contribution in [2.75, 3.05) is 18.4 Å². The summed E-state index contributed by atoms with van der Waals surface area (Å²) in [5.74, 6) is 0.0620. The second-order valence-electron chi connectivity index (χ2n) is 7.98. The molecule has 0 spiro atoms. The van der Waals surface area contributed by atoms with E-state index < -0.39 is 0 Å². The Morgan fingerprint density at radius 2 is 1.61 bits per heavy atom. The highest BCUT2D eigenvalue weighted by atomic mass is 16.1. The minimum atomic E-state index is 0.0620. The first-order valence-corrected chi connectivity index (χ1v) is 11.0. The fraction of sp³-hybridized carbons (Fsp3) is 0.231. The molecule has 0 unspecified atom stereocenters. The smallest absolute Gasteiger partial charge is 0.196 e. The van der Waals surface area contributed by atoms with Crippen molar-refractivity contribution in [1.82, 2.24) is 9.78 Å². The minimum Gasteiger partial charge on any atom is -0.384 e. The summed E-state index contributed by atoms with van der Waals surface area (Å²) in [4.78, 5) is 13.5. The standard InChI is InChI=1S/C26H26N4O/c27-16-6-1-2-7-17-28-21-14-8-12-19-23(21)26(31)20-13-9-15-22-24(20)25(19)29-30(22)18-10-4-3-5-11-18/h3-5,8-15,28H,1-2,6-7,16-17,27H2. The molecule has 156 valence electrons. The third-order valence-electron chi connectivity index (χ3n) is 5.95. The molecule has 0 fully saturated rings. The van der Waals surface area contributed by atoms with E-state index in [0.717, 1.165) is 83.4 Å². The maximum absolute atomic E-state index is 13.5. The minimum absolute atomic E-state index is 0.0620. The first-order valence-electron chi connectivity index (χ1n) is 11.0. The van der Waals surface area contributed by atoms with Gasteiger partial charge in [0, 0.05) is 28.7 Å². The third kappa shape index (κ3) is 3.41. The predicted octanol–water partition coefficient (Wildman–Crippen LogP) is 5.17. The topological polar surface area (TPSA) is 72.9 Å². The number of aromatic nitrogens is 2. The lowest BCUT2D eigenvalue weighted by atomic mass is 9.86. The molecule has 1 aliphatic carbocycles. The molecule has 3 N–H and O–H groups in total. The number of nitrogens with two attached hydrogens (primary N) is 1. The molecule has 0 saturated carbocycles. The Morgan fingerprint density at radius 3 is 2.45 bits per heavy atom. The molecular weight excluding hydrogens is 384 g/mol. The molecule has 4 aromatic rings. The second kappa shape index (κ2) is 8.36. The first kappa shape index (κ1) is 19.5. The highest BCUT2D eigenvalue weighted by Crippen LogP contribution is 2.42. The van der Waals surface area contributed by atoms with Gasteiger partial charge in [0.25, 0.3) is 0 Å². The van der Waals surface area contributed by atoms with Gasteiger partial charge in [-0.3, -0.25) is 4.79 Å². The van der Waals surface area contributed by atoms with E-state index in [2.05, 4.69) is 5.32 Å². The van der Waals surface area contributed by atoms with Crippen LogP contribution < -0.4 is 11.1 Å². The van der Waals surface area contributed by atoms with E-state index in [-0.39, 0.29) is 5.78 Å². The van der Waals surface area contributed by atoms with E-state index >= 15 is 0 Å². The van der Waals surface area contributed by atoms with Gasteiger partial charge >= 0.3 is 0 Å². The maximum atomic E-state index is 13.5. The van der Waals surface area contributed by atoms with Crippen LogP contribution in [0.2, 0.25) is 0 Å². The van der Waals surface area contributed by atoms with Gasteiger partial charge in [-0.1, -0.05) is 55.3 Å². The summed E-state index contributed by atoms with van der Waals surface area (Å²) in [6.07, 6.45) is 4.40. The number of anilines is 1. The van der Waals surface area contributed by atoms with E-state index in [1.54, 1.807) is 0 Å². The van der Waals surface area contributed by atoms with Gasteiger partial charge in [0.05, 0.1) is 16.8 Å². The summed E-state index contributed by atoms with van der Waals surface area (Å²) in [7, 11) is 0. The summed E-state index contributed by atoms with van der Waals surface area (Å²) in [6.45, 7) is 1.58. The van der Waals surface area contributed by atoms with Crippen LogP contribution in [-0.4, -0.2) is 28.7 Å². The van der Waals surface area contributed by atoms with Crippen molar-refractivity contribution >= 4 is 22.4 Å². The van der Waals surface area contributed by atoms with Gasteiger partial charge in [0.15, 0.2) is 5.78 Å². The molecule has 0 aliphatic heterocycles. The number of ketones is 1. The number of para-hydroxylation sites is 1. The lowest BCUT2D eigenvalue weighted by Gasteiger charge is -2.19. The van der Waals surface area contributed by atoms with Crippen LogP contribution in [0.3, 0.4) is 0 Å². The van der Waals surface area contributed by atoms with Crippen molar-refractivity contribution in [3.05, 3.63) is 77.9 Å². The highest BCUT2D eigenvalue weighted by Gasteiger charge is 2.30. The Kier molecular flexibility index (Phi) is 5.26. The molecule has 5 heteroatoms. The Bertz CT molecular complexity index is 1240. The summed E-state index contributed by atoms with van der Waals surface area (Å²) >= 11 is 0. The SMILES string of the molecule is NCCCCCCNc1cccc2c1C(=O)c1cccc3c1c-2nn3-c1ccccc1. The number of fused-ring (bicyclic) bond motifs is 2. The van der Waals surface area contributed by atoms with Crippen molar-refractivity contribution in [1.29, 1.82) is 0 Å². The first-order chi connectivity index (χ1) is 15.3. The predicted molar refractivity (Wildman–Crippen MR) is 126 cm³/mol. The van der Waals surface area contributed by atoms with Gasteiger partial charge < -0.3 is 11.1 Å². The van der Waals surface area contributed by atoms with Gasteiger partial charge in [-0.15, -0.1) is 0 Å². The molecule has 1 heterocycles. The van der Waals surface area contributed by atoms with Crippen LogP contribution in [0.25, 0.3) is 27.8 Å². The zero-order chi connectivity index (χ0) is 21.2. The second-order valence-corrected chi connectivity index (χ2v) is 7.98. The molecule has 31 heavy (non-hydrogen) atoms. The average Bonchev–Trinajstić information content (AvgIpc) is 3.21. The van der Waals surface area contributed by atoms with Crippen LogP contribution in [-0.2, 0) is 0 Å². The number of hydrogen-bond acceptors (Lipinski definition) is 4. The fourth-order valence-corrected chi connectivity index (χ4v) is 4.44. The molecule has 0 bridgehead atoms. The van der Waals surface area contributed by atoms with Crippen molar-refractivity contribution in [2.24, 2.45) is 5.73 Å². The number of nitrogens with zero attached hydrogens (tertiary/aromatic N) is 2. The van der Waals surface area contributed by atoms with Gasteiger partial charge in [-0.2, -0.15) is 5.10 Å². The molecular formula is C26H26N4O. The lowest BCUT2D eigenvalue weighted by Crippen LogP contribution is -2.14. The Hall–Kier alpha value is -3.44. The molecule has 3 aromatic carbocycles. The number of hydrogen-bond donors (Lipinski definition) is 2. The molecule has 5 nitrogen and oxygen atoms in total. The zero-order valence-electron chi connectivity index (χ0n) is 17.5. The summed E-state index contributed by atoms with van der Waals surface area (Å²) in [5, 5.41) is 9.39. The summed E-state index contributed by atoms with van der Waals surface area (Å²) in [5.41, 5.74) is 11.6. The number of carbonyl (C=O) groups excluding carboxylic acids is 1. The van der Waals surface area contributed by atoms with Crippen LogP contribution in [0, 0.1) is 0 Å². The number of carbonyl (C=O) groups is 1. The van der Waals surface area contributed by atoms with E-state index in [9.17, 15) is 4.79 Å². The van der Waals surface area contributed by atoms with Crippen molar-refractivity contribution in [3.63, 3.8) is 0 Å². The molecule has 0 saturated heterocycles. The van der Waals surface area contributed by atoms with E-state index in [1.807, 2.05) is 71.4 Å².